The first-order valence-electron chi connectivity index (χ1n) is 1.40. The van der Waals surface area contributed by atoms with Gasteiger partial charge < -0.3 is 4.70 Å². The van der Waals surface area contributed by atoms with Crippen LogP contribution in [-0.4, -0.2) is 25.8 Å². The summed E-state index contributed by atoms with van der Waals surface area (Å²) in [5.74, 6) is 0. The molecular formula is H4CrFNaO8S. The van der Waals surface area contributed by atoms with Gasteiger partial charge in [-0.2, -0.15) is 8.42 Å². The van der Waals surface area contributed by atoms with Gasteiger partial charge in [0.05, 0.1) is 0 Å². The molecule has 0 aromatic carbocycles. The van der Waals surface area contributed by atoms with Crippen molar-refractivity contribution < 1.29 is 81.3 Å². The molecule has 0 aromatic heterocycles. The molecule has 72 valence electrons. The summed E-state index contributed by atoms with van der Waals surface area (Å²) >= 11 is -5.25. The van der Waals surface area contributed by atoms with Gasteiger partial charge in [-0.1, -0.05) is 0 Å². The molecule has 8 nitrogen and oxygen atoms in total. The fourth-order valence-electron chi connectivity index (χ4n) is 0. The molecule has 0 amide bonds. The van der Waals surface area contributed by atoms with Crippen molar-refractivity contribution in [3.8, 4) is 0 Å². The van der Waals surface area contributed by atoms with Crippen LogP contribution in [0.25, 0.3) is 0 Å². The average Bonchev–Trinajstić information content (AvgIpc) is 1.12. The zero-order chi connectivity index (χ0) is 9.00. The maximum absolute atomic E-state index is 8.82. The van der Waals surface area contributed by atoms with Crippen LogP contribution in [0.15, 0.2) is 0 Å². The van der Waals surface area contributed by atoms with E-state index in [0.717, 1.165) is 0 Å². The summed E-state index contributed by atoms with van der Waals surface area (Å²) in [4.78, 5) is 0. The van der Waals surface area contributed by atoms with Gasteiger partial charge in [0.1, 0.15) is 0 Å². The molecule has 0 unspecified atom stereocenters. The van der Waals surface area contributed by atoms with Crippen molar-refractivity contribution in [1.82, 2.24) is 0 Å². The molecule has 0 atom stereocenters. The van der Waals surface area contributed by atoms with E-state index in [1.807, 2.05) is 0 Å². The fourth-order valence-corrected chi connectivity index (χ4v) is 0. The molecule has 0 aliphatic heterocycles. The van der Waals surface area contributed by atoms with Crippen LogP contribution in [0.5, 0.6) is 0 Å². The third-order valence-corrected chi connectivity index (χ3v) is 0. The molecule has 0 heterocycles. The van der Waals surface area contributed by atoms with Crippen molar-refractivity contribution in [3.63, 3.8) is 0 Å². The van der Waals surface area contributed by atoms with Crippen molar-refractivity contribution in [2.24, 2.45) is 0 Å². The molecule has 12 heteroatoms. The molecule has 0 rings (SSSR count). The van der Waals surface area contributed by atoms with Crippen molar-refractivity contribution >= 4 is 10.4 Å². The molecule has 12 heavy (non-hydrogen) atoms. The van der Waals surface area contributed by atoms with Gasteiger partial charge in [-0.25, -0.2) is 0 Å². The van der Waals surface area contributed by atoms with E-state index in [1.165, 1.54) is 0 Å². The topological polar surface area (TPSA) is 149 Å². The van der Waals surface area contributed by atoms with E-state index in [4.69, 9.17) is 33.4 Å². The van der Waals surface area contributed by atoms with Gasteiger partial charge in [0.25, 0.3) is 0 Å². The zero-order valence-electron chi connectivity index (χ0n) is 5.62. The van der Waals surface area contributed by atoms with E-state index in [1.54, 1.807) is 0 Å². The average molecular weight is 258 g/mol. The molecule has 0 aliphatic carbocycles. The monoisotopic (exact) mass is 258 g/mol. The van der Waals surface area contributed by atoms with Crippen molar-refractivity contribution in [2.75, 3.05) is 0 Å². The molecule has 0 bridgehead atoms. The van der Waals surface area contributed by atoms with Gasteiger partial charge in [-0.3, -0.25) is 9.11 Å². The second kappa shape index (κ2) is 8.45. The Balaban J connectivity index is -0.0000000457. The maximum atomic E-state index is 8.82. The Morgan fingerprint density at radius 2 is 1.00 bits per heavy atom. The molecule has 0 radical (unpaired) electrons. The first kappa shape index (κ1) is 23.0. The zero-order valence-corrected chi connectivity index (χ0v) is 9.71. The summed E-state index contributed by atoms with van der Waals surface area (Å²) in [7, 11) is -4.67. The Labute approximate surface area is 91.2 Å². The Morgan fingerprint density at radius 1 is 1.00 bits per heavy atom. The standard InChI is InChI=1S/Cr.FH.Na.H2O4S.2H2O.2O/c;;;1-5(2,3)4;;;;/h;1H;;(H2,1,2,3,4);2*1H2;;/q+2;;+1;;;;;/p-3. The van der Waals surface area contributed by atoms with Gasteiger partial charge >= 0.3 is 69.5 Å². The molecule has 0 fully saturated rings. The van der Waals surface area contributed by atoms with Gasteiger partial charge in [0.15, 0.2) is 0 Å². The minimum atomic E-state index is -5.25. The molecule has 0 saturated heterocycles. The predicted molar refractivity (Wildman–Crippen MR) is 20.0 cm³/mol. The van der Waals surface area contributed by atoms with E-state index in [2.05, 4.69) is 0 Å². The molecule has 0 spiro atoms. The Kier molecular flexibility index (Phi) is 16.2. The van der Waals surface area contributed by atoms with E-state index < -0.39 is 24.0 Å². The first-order chi connectivity index (χ1) is 4.00. The van der Waals surface area contributed by atoms with Crippen LogP contribution >= 0.6 is 0 Å². The van der Waals surface area contributed by atoms with E-state index in [0.29, 0.717) is 0 Å². The Bertz CT molecular complexity index is 215. The minimum absolute atomic E-state index is 0. The fraction of sp³-hybridized carbons (Fsp3) is 0. The van der Waals surface area contributed by atoms with Gasteiger partial charge in [-0.05, 0) is 0 Å². The SMILES string of the molecule is O=S(=O)(O)O.[F-].[Na+].[O]=[Cr](=[O])([OH])[OH]. The van der Waals surface area contributed by atoms with Crippen LogP contribution < -0.4 is 34.3 Å². The van der Waals surface area contributed by atoms with Gasteiger partial charge in [0, 0.05) is 0 Å². The van der Waals surface area contributed by atoms with Gasteiger partial charge in [-0.15, -0.1) is 0 Å². The van der Waals surface area contributed by atoms with E-state index >= 15 is 0 Å². The first-order valence-corrected chi connectivity index (χ1v) is 4.98. The van der Waals surface area contributed by atoms with Crippen LogP contribution in [0, 0.1) is 0 Å². The normalized spacial score (nSPS) is 9.67. The molecule has 0 aromatic rings. The summed E-state index contributed by atoms with van der Waals surface area (Å²) in [6.07, 6.45) is 0. The van der Waals surface area contributed by atoms with Crippen LogP contribution in [-0.2, 0) is 31.6 Å². The van der Waals surface area contributed by atoms with Crippen LogP contribution in [0.3, 0.4) is 0 Å². The van der Waals surface area contributed by atoms with E-state index in [9.17, 15) is 0 Å². The predicted octanol–water partition coefficient (Wildman–Crippen LogP) is -8.00. The Hall–Kier alpha value is 0.852. The third-order valence-electron chi connectivity index (χ3n) is 0. The van der Waals surface area contributed by atoms with Crippen LogP contribution in [0.2, 0.25) is 0 Å². The number of hydrogen-bond donors (Lipinski definition) is 4. The summed E-state index contributed by atoms with van der Waals surface area (Å²) < 4.78 is 63.5. The summed E-state index contributed by atoms with van der Waals surface area (Å²) in [6, 6.07) is 0. The molecule has 0 saturated carbocycles. The van der Waals surface area contributed by atoms with Gasteiger partial charge in [0.2, 0.25) is 0 Å². The summed E-state index contributed by atoms with van der Waals surface area (Å²) in [6.45, 7) is 0. The quantitative estimate of drug-likeness (QED) is 0.247. The summed E-state index contributed by atoms with van der Waals surface area (Å²) in [5, 5.41) is 0. The molecule has 0 aliphatic rings. The summed E-state index contributed by atoms with van der Waals surface area (Å²) in [5.41, 5.74) is 0. The number of hydrogen-bond acceptors (Lipinski definition) is 4. The van der Waals surface area contributed by atoms with E-state index in [-0.39, 0.29) is 34.3 Å². The number of rotatable bonds is 0. The second-order valence-electron chi connectivity index (χ2n) is 0.896. The van der Waals surface area contributed by atoms with Crippen molar-refractivity contribution in [2.45, 2.75) is 0 Å². The second-order valence-corrected chi connectivity index (χ2v) is 3.19. The third kappa shape index (κ3) is 1450. The van der Waals surface area contributed by atoms with Crippen molar-refractivity contribution in [1.29, 1.82) is 0 Å². The van der Waals surface area contributed by atoms with Crippen molar-refractivity contribution in [3.05, 3.63) is 0 Å². The van der Waals surface area contributed by atoms with Crippen LogP contribution in [0.1, 0.15) is 0 Å². The molecular weight excluding hydrogens is 254 g/mol. The molecule has 4 N–H and O–H groups in total. The van der Waals surface area contributed by atoms with Crippen LogP contribution in [0.4, 0.5) is 0 Å². The Morgan fingerprint density at radius 3 is 1.00 bits per heavy atom. The number of halogens is 1.